The normalized spacial score (nSPS) is 12.0. The van der Waals surface area contributed by atoms with Crippen molar-refractivity contribution in [3.05, 3.63) is 18.0 Å². The zero-order valence-corrected chi connectivity index (χ0v) is 7.20. The summed E-state index contributed by atoms with van der Waals surface area (Å²) in [5, 5.41) is 13.0. The molecule has 0 radical (unpaired) electrons. The van der Waals surface area contributed by atoms with Gasteiger partial charge in [-0.05, 0) is 26.8 Å². The van der Waals surface area contributed by atoms with Crippen molar-refractivity contribution in [1.82, 2.24) is 9.78 Å². The van der Waals surface area contributed by atoms with Crippen molar-refractivity contribution >= 4 is 0 Å². The fourth-order valence-corrected chi connectivity index (χ4v) is 1.05. The van der Waals surface area contributed by atoms with Crippen molar-refractivity contribution in [2.75, 3.05) is 0 Å². The number of nitrogens with zero attached hydrogens (tertiary/aromatic N) is 2. The quantitative estimate of drug-likeness (QED) is 0.658. The van der Waals surface area contributed by atoms with E-state index in [1.165, 1.54) is 0 Å². The van der Waals surface area contributed by atoms with Gasteiger partial charge in [0, 0.05) is 6.20 Å². The summed E-state index contributed by atoms with van der Waals surface area (Å²) in [5.41, 5.74) is 0.819. The molecule has 0 spiro atoms. The van der Waals surface area contributed by atoms with Gasteiger partial charge in [-0.2, -0.15) is 5.10 Å². The Morgan fingerprint density at radius 3 is 2.55 bits per heavy atom. The topological polar surface area (TPSA) is 38.0 Å². The zero-order valence-electron chi connectivity index (χ0n) is 7.20. The second kappa shape index (κ2) is 2.66. The Bertz CT molecular complexity index is 234. The largest absolute Gasteiger partial charge is 0.390 e. The standard InChI is InChI=1S/C8H14N2O/c1-8(2,3)10-7(6-11)4-5-9-10/h4-5,11H,6H2,1-3H3. The van der Waals surface area contributed by atoms with Gasteiger partial charge in [-0.1, -0.05) is 0 Å². The predicted molar refractivity (Wildman–Crippen MR) is 43.1 cm³/mol. The number of hydrogen-bond acceptors (Lipinski definition) is 2. The molecule has 1 N–H and O–H groups in total. The molecule has 1 rings (SSSR count). The Kier molecular flexibility index (Phi) is 2.00. The first kappa shape index (κ1) is 8.27. The maximum Gasteiger partial charge on any atom is 0.0850 e. The minimum absolute atomic E-state index is 0.0401. The van der Waals surface area contributed by atoms with E-state index < -0.39 is 0 Å². The van der Waals surface area contributed by atoms with Crippen LogP contribution in [0.3, 0.4) is 0 Å². The van der Waals surface area contributed by atoms with Crippen LogP contribution in [0.15, 0.2) is 12.3 Å². The zero-order chi connectivity index (χ0) is 8.48. The lowest BCUT2D eigenvalue weighted by atomic mass is 10.1. The molecule has 1 heterocycles. The van der Waals surface area contributed by atoms with Crippen LogP contribution in [0.2, 0.25) is 0 Å². The third-order valence-electron chi connectivity index (χ3n) is 1.52. The molecule has 3 nitrogen and oxygen atoms in total. The average Bonchev–Trinajstić information content (AvgIpc) is 2.31. The minimum atomic E-state index is -0.0401. The highest BCUT2D eigenvalue weighted by Gasteiger charge is 2.15. The van der Waals surface area contributed by atoms with Crippen molar-refractivity contribution in [3.8, 4) is 0 Å². The van der Waals surface area contributed by atoms with Crippen molar-refractivity contribution in [1.29, 1.82) is 0 Å². The van der Waals surface area contributed by atoms with Crippen molar-refractivity contribution in [2.24, 2.45) is 0 Å². The number of aromatic nitrogens is 2. The van der Waals surface area contributed by atoms with Gasteiger partial charge in [0.15, 0.2) is 0 Å². The molecule has 62 valence electrons. The average molecular weight is 154 g/mol. The Hall–Kier alpha value is -0.830. The number of rotatable bonds is 1. The molecule has 0 saturated carbocycles. The van der Waals surface area contributed by atoms with Gasteiger partial charge < -0.3 is 5.11 Å². The summed E-state index contributed by atoms with van der Waals surface area (Å²) >= 11 is 0. The SMILES string of the molecule is CC(C)(C)n1nccc1CO. The second-order valence-electron chi connectivity index (χ2n) is 3.56. The van der Waals surface area contributed by atoms with Crippen molar-refractivity contribution in [2.45, 2.75) is 32.9 Å². The molecule has 0 atom stereocenters. The van der Waals surface area contributed by atoms with Crippen LogP contribution in [0, 0.1) is 0 Å². The van der Waals surface area contributed by atoms with Crippen LogP contribution < -0.4 is 0 Å². The molecule has 0 aliphatic heterocycles. The molecule has 0 unspecified atom stereocenters. The summed E-state index contributed by atoms with van der Waals surface area (Å²) < 4.78 is 1.83. The fourth-order valence-electron chi connectivity index (χ4n) is 1.05. The summed E-state index contributed by atoms with van der Waals surface area (Å²) in [5.74, 6) is 0. The van der Waals surface area contributed by atoms with E-state index in [2.05, 4.69) is 25.9 Å². The first-order chi connectivity index (χ1) is 5.05. The minimum Gasteiger partial charge on any atom is -0.390 e. The first-order valence-electron chi connectivity index (χ1n) is 3.70. The van der Waals surface area contributed by atoms with E-state index in [-0.39, 0.29) is 12.1 Å². The van der Waals surface area contributed by atoms with Gasteiger partial charge >= 0.3 is 0 Å². The Morgan fingerprint density at radius 1 is 1.55 bits per heavy atom. The van der Waals surface area contributed by atoms with Crippen LogP contribution in [0.5, 0.6) is 0 Å². The maximum atomic E-state index is 8.91. The number of aliphatic hydroxyl groups excluding tert-OH is 1. The summed E-state index contributed by atoms with van der Waals surface area (Å²) in [6.45, 7) is 6.22. The lowest BCUT2D eigenvalue weighted by Crippen LogP contribution is -2.25. The lowest BCUT2D eigenvalue weighted by molar-refractivity contribution is 0.246. The molecule has 1 aromatic heterocycles. The van der Waals surface area contributed by atoms with Gasteiger partial charge in [-0.25, -0.2) is 0 Å². The van der Waals surface area contributed by atoms with Crippen LogP contribution in [0.1, 0.15) is 26.5 Å². The Morgan fingerprint density at radius 2 is 2.18 bits per heavy atom. The number of aliphatic hydroxyl groups is 1. The maximum absolute atomic E-state index is 8.91. The first-order valence-corrected chi connectivity index (χ1v) is 3.70. The van der Waals surface area contributed by atoms with E-state index >= 15 is 0 Å². The summed E-state index contributed by atoms with van der Waals surface area (Å²) in [4.78, 5) is 0. The molecular formula is C8H14N2O. The van der Waals surface area contributed by atoms with Crippen LogP contribution in [0.4, 0.5) is 0 Å². The predicted octanol–water partition coefficient (Wildman–Crippen LogP) is 1.13. The van der Waals surface area contributed by atoms with Crippen LogP contribution >= 0.6 is 0 Å². The van der Waals surface area contributed by atoms with E-state index in [0.717, 1.165) is 5.69 Å². The highest BCUT2D eigenvalue weighted by Crippen LogP contribution is 2.14. The smallest absolute Gasteiger partial charge is 0.0850 e. The second-order valence-corrected chi connectivity index (χ2v) is 3.56. The van der Waals surface area contributed by atoms with E-state index in [4.69, 9.17) is 5.11 Å². The van der Waals surface area contributed by atoms with Gasteiger partial charge in [0.05, 0.1) is 17.8 Å². The third kappa shape index (κ3) is 1.60. The van der Waals surface area contributed by atoms with E-state index in [1.807, 2.05) is 10.7 Å². The molecule has 1 aromatic rings. The lowest BCUT2D eigenvalue weighted by Gasteiger charge is -2.21. The summed E-state index contributed by atoms with van der Waals surface area (Å²) in [6.07, 6.45) is 1.71. The van der Waals surface area contributed by atoms with Crippen LogP contribution in [-0.4, -0.2) is 14.9 Å². The molecule has 0 fully saturated rings. The van der Waals surface area contributed by atoms with E-state index in [1.54, 1.807) is 6.20 Å². The van der Waals surface area contributed by atoms with E-state index in [9.17, 15) is 0 Å². The van der Waals surface area contributed by atoms with Crippen molar-refractivity contribution in [3.63, 3.8) is 0 Å². The molecule has 0 saturated heterocycles. The summed E-state index contributed by atoms with van der Waals surface area (Å²) in [6, 6.07) is 1.82. The van der Waals surface area contributed by atoms with E-state index in [0.29, 0.717) is 0 Å². The molecule has 0 aliphatic rings. The number of hydrogen-bond donors (Lipinski definition) is 1. The Labute approximate surface area is 66.7 Å². The van der Waals surface area contributed by atoms with Gasteiger partial charge in [0.2, 0.25) is 0 Å². The molecular weight excluding hydrogens is 140 g/mol. The van der Waals surface area contributed by atoms with Crippen LogP contribution in [-0.2, 0) is 12.1 Å². The molecule has 11 heavy (non-hydrogen) atoms. The van der Waals surface area contributed by atoms with Gasteiger partial charge in [0.25, 0.3) is 0 Å². The molecule has 0 aliphatic carbocycles. The molecule has 0 bridgehead atoms. The van der Waals surface area contributed by atoms with Crippen LogP contribution in [0.25, 0.3) is 0 Å². The van der Waals surface area contributed by atoms with Gasteiger partial charge in [-0.15, -0.1) is 0 Å². The molecule has 0 aromatic carbocycles. The Balaban J connectivity index is 3.02. The third-order valence-corrected chi connectivity index (χ3v) is 1.52. The monoisotopic (exact) mass is 154 g/mol. The highest BCUT2D eigenvalue weighted by atomic mass is 16.3. The molecule has 3 heteroatoms. The summed E-state index contributed by atoms with van der Waals surface area (Å²) in [7, 11) is 0. The van der Waals surface area contributed by atoms with Crippen molar-refractivity contribution < 1.29 is 5.11 Å². The highest BCUT2D eigenvalue weighted by molar-refractivity contribution is 5.01. The molecule has 0 amide bonds. The van der Waals surface area contributed by atoms with Gasteiger partial charge in [0.1, 0.15) is 0 Å². The van der Waals surface area contributed by atoms with Gasteiger partial charge in [-0.3, -0.25) is 4.68 Å². The fraction of sp³-hybridized carbons (Fsp3) is 0.625.